The fourth-order valence-electron chi connectivity index (χ4n) is 10.9. The lowest BCUT2D eigenvalue weighted by molar-refractivity contribution is 0.669. The van der Waals surface area contributed by atoms with E-state index in [9.17, 15) is 0 Å². The van der Waals surface area contributed by atoms with E-state index < -0.39 is 0 Å². The van der Waals surface area contributed by atoms with E-state index in [1.807, 2.05) is 41.7 Å². The van der Waals surface area contributed by atoms with Crippen LogP contribution in [0.1, 0.15) is 0 Å². The van der Waals surface area contributed by atoms with Gasteiger partial charge in [-0.15, -0.1) is 11.3 Å². The van der Waals surface area contributed by atoms with Crippen molar-refractivity contribution >= 4 is 97.1 Å². The number of hydrogen-bond acceptors (Lipinski definition) is 5. The van der Waals surface area contributed by atoms with Gasteiger partial charge in [-0.05, 0) is 90.0 Å². The number of para-hydroxylation sites is 4. The molecule has 0 N–H and O–H groups in total. The Morgan fingerprint density at radius 2 is 0.929 bits per heavy atom. The second-order valence-corrected chi connectivity index (χ2v) is 18.9. The fourth-order valence-corrected chi connectivity index (χ4v) is 12.1. The first-order chi connectivity index (χ1) is 34.7. The van der Waals surface area contributed by atoms with E-state index >= 15 is 0 Å². The van der Waals surface area contributed by atoms with Gasteiger partial charge < -0.3 is 13.6 Å². The maximum absolute atomic E-state index is 6.68. The highest BCUT2D eigenvalue weighted by atomic mass is 32.1. The molecule has 0 saturated carbocycles. The van der Waals surface area contributed by atoms with Gasteiger partial charge in [0.15, 0.2) is 17.5 Å². The van der Waals surface area contributed by atoms with Gasteiger partial charge in [-0.1, -0.05) is 146 Å². The number of hydrogen-bond donors (Lipinski definition) is 0. The molecule has 5 heterocycles. The van der Waals surface area contributed by atoms with Crippen molar-refractivity contribution in [1.29, 1.82) is 0 Å². The normalized spacial score (nSPS) is 12.0. The molecule has 0 bridgehead atoms. The van der Waals surface area contributed by atoms with Crippen LogP contribution < -0.4 is 0 Å². The summed E-state index contributed by atoms with van der Waals surface area (Å²) in [5, 5.41) is 9.24. The lowest BCUT2D eigenvalue weighted by Crippen LogP contribution is -2.00. The topological polar surface area (TPSA) is 61.7 Å². The molecule has 70 heavy (non-hydrogen) atoms. The van der Waals surface area contributed by atoms with Crippen LogP contribution in [0.25, 0.3) is 142 Å². The Bertz CT molecular complexity index is 4550. The average Bonchev–Trinajstić information content (AvgIpc) is 4.19. The molecule has 0 aliphatic carbocycles. The van der Waals surface area contributed by atoms with Gasteiger partial charge in [0, 0.05) is 70.2 Å². The Labute approximate surface area is 404 Å². The first kappa shape index (κ1) is 38.9. The summed E-state index contributed by atoms with van der Waals surface area (Å²) in [6.07, 6.45) is 0. The van der Waals surface area contributed by atoms with Gasteiger partial charge in [0.2, 0.25) is 0 Å². The lowest BCUT2D eigenvalue weighted by atomic mass is 9.96. The van der Waals surface area contributed by atoms with Gasteiger partial charge in [-0.3, -0.25) is 0 Å². The predicted molar refractivity (Wildman–Crippen MR) is 290 cm³/mol. The van der Waals surface area contributed by atoms with Gasteiger partial charge in [-0.2, -0.15) is 0 Å². The molecule has 0 aliphatic rings. The Balaban J connectivity index is 0.930. The molecule has 6 nitrogen and oxygen atoms in total. The summed E-state index contributed by atoms with van der Waals surface area (Å²) in [7, 11) is 0. The highest BCUT2D eigenvalue weighted by molar-refractivity contribution is 7.26. The number of aromatic nitrogens is 5. The number of rotatable bonds is 6. The average molecular weight is 912 g/mol. The molecule has 326 valence electrons. The minimum atomic E-state index is 0.580. The van der Waals surface area contributed by atoms with E-state index in [2.05, 4.69) is 203 Å². The zero-order chi connectivity index (χ0) is 45.9. The second-order valence-electron chi connectivity index (χ2n) is 17.9. The van der Waals surface area contributed by atoms with Crippen LogP contribution in [0.4, 0.5) is 0 Å². The van der Waals surface area contributed by atoms with Crippen molar-refractivity contribution in [2.24, 2.45) is 0 Å². The summed E-state index contributed by atoms with van der Waals surface area (Å²) >= 11 is 1.86. The van der Waals surface area contributed by atoms with E-state index in [0.717, 1.165) is 66.3 Å². The molecule has 10 aromatic carbocycles. The van der Waals surface area contributed by atoms with Crippen molar-refractivity contribution in [3.8, 4) is 56.7 Å². The van der Waals surface area contributed by atoms with Crippen LogP contribution in [0, 0.1) is 0 Å². The van der Waals surface area contributed by atoms with E-state index in [1.54, 1.807) is 0 Å². The molecule has 15 aromatic rings. The third-order valence-corrected chi connectivity index (χ3v) is 15.2. The first-order valence-corrected chi connectivity index (χ1v) is 24.3. The smallest absolute Gasteiger partial charge is 0.164 e. The van der Waals surface area contributed by atoms with Crippen LogP contribution in [-0.2, 0) is 0 Å². The number of benzene rings is 10. The standard InChI is InChI=1S/C63H37N5OS/c1-3-16-38(17-4-1)61-64-62(40-30-33-53-48(37-40)45-22-9-11-25-50(45)67(53)41-18-5-2-6-19-41)66-63(65-61)47-24-15-28-56-58(47)49-36-39(31-35-55(49)69-56)42-32-34-54(60-59(42)46-23-10-14-29-57(46)70-60)68-51-26-12-7-20-43(51)44-21-8-13-27-52(44)68/h1-37H. The maximum atomic E-state index is 6.68. The minimum Gasteiger partial charge on any atom is -0.456 e. The molecule has 0 fully saturated rings. The Hall–Kier alpha value is -9.17. The molecule has 0 spiro atoms. The van der Waals surface area contributed by atoms with Crippen LogP contribution >= 0.6 is 11.3 Å². The first-order valence-electron chi connectivity index (χ1n) is 23.5. The molecular weight excluding hydrogens is 875 g/mol. The van der Waals surface area contributed by atoms with E-state index in [4.69, 9.17) is 19.4 Å². The summed E-state index contributed by atoms with van der Waals surface area (Å²) < 4.78 is 14.0. The molecule has 5 aromatic heterocycles. The summed E-state index contributed by atoms with van der Waals surface area (Å²) in [5.41, 5.74) is 13.5. The van der Waals surface area contributed by atoms with E-state index in [0.29, 0.717) is 17.5 Å². The summed E-state index contributed by atoms with van der Waals surface area (Å²) in [6, 6.07) is 79.5. The van der Waals surface area contributed by atoms with Crippen LogP contribution in [0.15, 0.2) is 229 Å². The van der Waals surface area contributed by atoms with Crippen LogP contribution in [-0.4, -0.2) is 24.1 Å². The quantitative estimate of drug-likeness (QED) is 0.167. The van der Waals surface area contributed by atoms with Gasteiger partial charge in [0.05, 0.1) is 32.5 Å². The van der Waals surface area contributed by atoms with Gasteiger partial charge in [0.25, 0.3) is 0 Å². The Morgan fingerprint density at radius 3 is 1.69 bits per heavy atom. The Kier molecular flexibility index (Phi) is 8.43. The molecular formula is C63H37N5OS. The Morgan fingerprint density at radius 1 is 0.343 bits per heavy atom. The summed E-state index contributed by atoms with van der Waals surface area (Å²) in [4.78, 5) is 15.8. The van der Waals surface area contributed by atoms with Crippen molar-refractivity contribution in [3.05, 3.63) is 224 Å². The van der Waals surface area contributed by atoms with Crippen LogP contribution in [0.5, 0.6) is 0 Å². The molecule has 0 atom stereocenters. The second kappa shape index (κ2) is 15.2. The molecule has 0 saturated heterocycles. The van der Waals surface area contributed by atoms with Crippen molar-refractivity contribution in [1.82, 2.24) is 24.1 Å². The van der Waals surface area contributed by atoms with Crippen molar-refractivity contribution in [2.45, 2.75) is 0 Å². The number of thiophene rings is 1. The molecule has 15 rings (SSSR count). The zero-order valence-electron chi connectivity index (χ0n) is 37.4. The highest BCUT2D eigenvalue weighted by Crippen LogP contribution is 2.47. The lowest BCUT2D eigenvalue weighted by Gasteiger charge is -2.13. The SMILES string of the molecule is c1ccc(-c2nc(-c3ccc4c(c3)c3ccccc3n4-c3ccccc3)nc(-c3cccc4oc5ccc(-c6ccc(-n7c8ccccc8c8ccccc87)c7sc8ccccc8c67)cc5c34)n2)cc1. The largest absolute Gasteiger partial charge is 0.456 e. The number of nitrogens with zero attached hydrogens (tertiary/aromatic N) is 5. The third kappa shape index (κ3) is 5.82. The van der Waals surface area contributed by atoms with Crippen LogP contribution in [0.2, 0.25) is 0 Å². The molecule has 0 unspecified atom stereocenters. The van der Waals surface area contributed by atoms with Gasteiger partial charge in [-0.25, -0.2) is 15.0 Å². The van der Waals surface area contributed by atoms with Crippen molar-refractivity contribution in [3.63, 3.8) is 0 Å². The highest BCUT2D eigenvalue weighted by Gasteiger charge is 2.23. The van der Waals surface area contributed by atoms with E-state index in [-0.39, 0.29) is 0 Å². The summed E-state index contributed by atoms with van der Waals surface area (Å²) in [6.45, 7) is 0. The molecule has 0 aliphatic heterocycles. The monoisotopic (exact) mass is 911 g/mol. The van der Waals surface area contributed by atoms with Gasteiger partial charge >= 0.3 is 0 Å². The number of furan rings is 1. The zero-order valence-corrected chi connectivity index (χ0v) is 38.2. The fraction of sp³-hybridized carbons (Fsp3) is 0. The van der Waals surface area contributed by atoms with Crippen molar-refractivity contribution in [2.75, 3.05) is 0 Å². The predicted octanol–water partition coefficient (Wildman–Crippen LogP) is 17.0. The van der Waals surface area contributed by atoms with Crippen LogP contribution in [0.3, 0.4) is 0 Å². The van der Waals surface area contributed by atoms with Gasteiger partial charge in [0.1, 0.15) is 11.2 Å². The summed E-state index contributed by atoms with van der Waals surface area (Å²) in [5.74, 6) is 1.78. The number of fused-ring (bicyclic) bond motifs is 12. The molecule has 0 amide bonds. The molecule has 0 radical (unpaired) electrons. The molecule has 7 heteroatoms. The van der Waals surface area contributed by atoms with E-state index in [1.165, 1.54) is 58.6 Å². The van der Waals surface area contributed by atoms with Crippen molar-refractivity contribution < 1.29 is 4.42 Å². The maximum Gasteiger partial charge on any atom is 0.164 e. The minimum absolute atomic E-state index is 0.580. The third-order valence-electron chi connectivity index (χ3n) is 14.0.